The van der Waals surface area contributed by atoms with Crippen LogP contribution in [0.15, 0.2) is 28.7 Å². The van der Waals surface area contributed by atoms with E-state index in [0.29, 0.717) is 5.75 Å². The molecule has 0 unspecified atom stereocenters. The fraction of sp³-hybridized carbons (Fsp3) is 0.222. The van der Waals surface area contributed by atoms with E-state index in [0.717, 1.165) is 5.56 Å². The highest BCUT2D eigenvalue weighted by Crippen LogP contribution is 2.22. The van der Waals surface area contributed by atoms with Gasteiger partial charge in [-0.3, -0.25) is 0 Å². The molecule has 0 aliphatic carbocycles. The Bertz CT molecular complexity index is 521. The van der Waals surface area contributed by atoms with Crippen molar-refractivity contribution >= 4 is 16.0 Å². The first-order valence-electron chi connectivity index (χ1n) is 4.53. The van der Waals surface area contributed by atoms with Crippen molar-refractivity contribution in [3.05, 3.63) is 29.8 Å². The highest BCUT2D eigenvalue weighted by Gasteiger charge is 2.29. The second kappa shape index (κ2) is 3.76. The van der Waals surface area contributed by atoms with Gasteiger partial charge in [0.2, 0.25) is 0 Å². The molecule has 6 nitrogen and oxygen atoms in total. The zero-order chi connectivity index (χ0) is 11.8. The van der Waals surface area contributed by atoms with Crippen molar-refractivity contribution in [3.63, 3.8) is 0 Å². The molecule has 0 saturated heterocycles. The molecule has 3 N–H and O–H groups in total. The van der Waals surface area contributed by atoms with Gasteiger partial charge in [0, 0.05) is 0 Å². The van der Waals surface area contributed by atoms with E-state index in [1.807, 2.05) is 0 Å². The lowest BCUT2D eigenvalue weighted by atomic mass is 10.1. The second-order valence-electron chi connectivity index (χ2n) is 3.32. The van der Waals surface area contributed by atoms with Gasteiger partial charge in [0.05, 0.1) is 7.11 Å². The van der Waals surface area contributed by atoms with Crippen molar-refractivity contribution in [1.82, 2.24) is 4.72 Å². The maximum atomic E-state index is 11.1. The van der Waals surface area contributed by atoms with E-state index in [-0.39, 0.29) is 5.84 Å². The average molecular weight is 241 g/mol. The third-order valence-electron chi connectivity index (χ3n) is 2.24. The summed E-state index contributed by atoms with van der Waals surface area (Å²) >= 11 is 0. The van der Waals surface area contributed by atoms with Crippen LogP contribution >= 0.6 is 0 Å². The minimum Gasteiger partial charge on any atom is -0.497 e. The van der Waals surface area contributed by atoms with Crippen molar-refractivity contribution in [3.8, 4) is 5.75 Å². The molecule has 86 valence electrons. The molecule has 1 aliphatic rings. The summed E-state index contributed by atoms with van der Waals surface area (Å²) in [5.74, 6) is 0.741. The SMILES string of the molecule is COc1ccc([C@H]2NS(=O)(=O)N=C2N)cc1. The van der Waals surface area contributed by atoms with E-state index in [1.165, 1.54) is 0 Å². The second-order valence-corrected chi connectivity index (χ2v) is 4.68. The highest BCUT2D eigenvalue weighted by molar-refractivity contribution is 7.88. The van der Waals surface area contributed by atoms with Gasteiger partial charge in [-0.2, -0.15) is 13.1 Å². The molecule has 0 aromatic heterocycles. The Kier molecular flexibility index (Phi) is 2.56. The van der Waals surface area contributed by atoms with Crippen LogP contribution in [0.25, 0.3) is 0 Å². The quantitative estimate of drug-likeness (QED) is 0.758. The largest absolute Gasteiger partial charge is 0.497 e. The zero-order valence-electron chi connectivity index (χ0n) is 8.54. The number of rotatable bonds is 2. The van der Waals surface area contributed by atoms with Gasteiger partial charge in [-0.25, -0.2) is 0 Å². The lowest BCUT2D eigenvalue weighted by Gasteiger charge is -2.10. The Labute approximate surface area is 93.3 Å². The van der Waals surface area contributed by atoms with Crippen LogP contribution in [0, 0.1) is 0 Å². The van der Waals surface area contributed by atoms with Crippen molar-refractivity contribution in [2.75, 3.05) is 7.11 Å². The van der Waals surface area contributed by atoms with Crippen LogP contribution < -0.4 is 15.2 Å². The summed E-state index contributed by atoms with van der Waals surface area (Å²) in [6, 6.07) is 6.35. The Morgan fingerprint density at radius 3 is 2.44 bits per heavy atom. The molecular weight excluding hydrogens is 230 g/mol. The van der Waals surface area contributed by atoms with Gasteiger partial charge in [0.15, 0.2) is 0 Å². The number of methoxy groups -OCH3 is 1. The smallest absolute Gasteiger partial charge is 0.322 e. The van der Waals surface area contributed by atoms with Crippen LogP contribution in [0.1, 0.15) is 11.6 Å². The average Bonchev–Trinajstić information content (AvgIpc) is 2.52. The molecule has 2 rings (SSSR count). The number of hydrogen-bond donors (Lipinski definition) is 2. The molecule has 7 heteroatoms. The molecule has 0 amide bonds. The predicted molar refractivity (Wildman–Crippen MR) is 59.4 cm³/mol. The molecule has 1 aromatic carbocycles. The van der Waals surface area contributed by atoms with Crippen LogP contribution in [0.4, 0.5) is 0 Å². The fourth-order valence-corrected chi connectivity index (χ4v) is 2.45. The molecule has 0 radical (unpaired) electrons. The van der Waals surface area contributed by atoms with E-state index in [1.54, 1.807) is 31.4 Å². The summed E-state index contributed by atoms with van der Waals surface area (Å²) in [7, 11) is -2.07. The van der Waals surface area contributed by atoms with Crippen molar-refractivity contribution < 1.29 is 13.2 Å². The summed E-state index contributed by atoms with van der Waals surface area (Å²) in [5.41, 5.74) is 6.26. The molecule has 0 fully saturated rings. The van der Waals surface area contributed by atoms with Gasteiger partial charge in [-0.05, 0) is 17.7 Å². The number of benzene rings is 1. The molecular formula is C9H11N3O3S. The van der Waals surface area contributed by atoms with Crippen molar-refractivity contribution in [1.29, 1.82) is 0 Å². The lowest BCUT2D eigenvalue weighted by Crippen LogP contribution is -2.28. The Morgan fingerprint density at radius 2 is 2.00 bits per heavy atom. The van der Waals surface area contributed by atoms with Gasteiger partial charge in [-0.1, -0.05) is 12.1 Å². The summed E-state index contributed by atoms with van der Waals surface area (Å²) in [4.78, 5) is 0. The topological polar surface area (TPSA) is 93.8 Å². The zero-order valence-corrected chi connectivity index (χ0v) is 9.36. The summed E-state index contributed by atoms with van der Waals surface area (Å²) in [5, 5.41) is 0. The molecule has 0 saturated carbocycles. The number of nitrogens with one attached hydrogen (secondary N) is 1. The van der Waals surface area contributed by atoms with E-state index >= 15 is 0 Å². The van der Waals surface area contributed by atoms with E-state index in [2.05, 4.69) is 9.12 Å². The summed E-state index contributed by atoms with van der Waals surface area (Å²) in [6.45, 7) is 0. The van der Waals surface area contributed by atoms with Crippen LogP contribution in [0.3, 0.4) is 0 Å². The first-order chi connectivity index (χ1) is 7.52. The highest BCUT2D eigenvalue weighted by atomic mass is 32.2. The summed E-state index contributed by atoms with van der Waals surface area (Å²) < 4.78 is 33.0. The first kappa shape index (κ1) is 10.9. The molecule has 1 aromatic rings. The number of nitrogens with zero attached hydrogens (tertiary/aromatic N) is 1. The van der Waals surface area contributed by atoms with Crippen LogP contribution in [-0.2, 0) is 10.2 Å². The number of nitrogens with two attached hydrogens (primary N) is 1. The molecule has 1 atom stereocenters. The molecule has 1 heterocycles. The fourth-order valence-electron chi connectivity index (χ4n) is 1.46. The van der Waals surface area contributed by atoms with Gasteiger partial charge in [0.1, 0.15) is 17.6 Å². The Morgan fingerprint density at radius 1 is 1.38 bits per heavy atom. The summed E-state index contributed by atoms with van der Waals surface area (Å²) in [6.07, 6.45) is 0. The van der Waals surface area contributed by atoms with Crippen molar-refractivity contribution in [2.45, 2.75) is 6.04 Å². The number of ether oxygens (including phenoxy) is 1. The molecule has 16 heavy (non-hydrogen) atoms. The minimum atomic E-state index is -3.63. The third kappa shape index (κ3) is 2.00. The van der Waals surface area contributed by atoms with Crippen LogP contribution in [0.2, 0.25) is 0 Å². The molecule has 1 aliphatic heterocycles. The molecule has 0 bridgehead atoms. The van der Waals surface area contributed by atoms with Gasteiger partial charge < -0.3 is 10.5 Å². The monoisotopic (exact) mass is 241 g/mol. The number of amidine groups is 1. The van der Waals surface area contributed by atoms with E-state index < -0.39 is 16.3 Å². The van der Waals surface area contributed by atoms with E-state index in [9.17, 15) is 8.42 Å². The minimum absolute atomic E-state index is 0.0465. The first-order valence-corrected chi connectivity index (χ1v) is 5.97. The van der Waals surface area contributed by atoms with Gasteiger partial charge in [-0.15, -0.1) is 4.40 Å². The maximum absolute atomic E-state index is 11.1. The maximum Gasteiger partial charge on any atom is 0.322 e. The molecule has 0 spiro atoms. The van der Waals surface area contributed by atoms with Gasteiger partial charge in [0.25, 0.3) is 0 Å². The normalized spacial score (nSPS) is 22.8. The Balaban J connectivity index is 2.30. The van der Waals surface area contributed by atoms with Crippen molar-refractivity contribution in [2.24, 2.45) is 10.1 Å². The van der Waals surface area contributed by atoms with Gasteiger partial charge >= 0.3 is 10.2 Å². The predicted octanol–water partition coefficient (Wildman–Crippen LogP) is -0.0585. The third-order valence-corrected chi connectivity index (χ3v) is 3.22. The number of hydrogen-bond acceptors (Lipinski definition) is 4. The standard InChI is InChI=1S/C9H11N3O3S/c1-15-7-4-2-6(3-5-7)8-9(10)12-16(13,14)11-8/h2-5,8,11H,1H3,(H2,10,12)/t8-/m1/s1. The van der Waals surface area contributed by atoms with Crippen LogP contribution in [0.5, 0.6) is 5.75 Å². The lowest BCUT2D eigenvalue weighted by molar-refractivity contribution is 0.414. The van der Waals surface area contributed by atoms with Crippen LogP contribution in [-0.4, -0.2) is 21.4 Å². The Hall–Kier alpha value is -1.60. The van der Waals surface area contributed by atoms with E-state index in [4.69, 9.17) is 10.5 Å².